The fraction of sp³-hybridized carbons (Fsp3) is 0.917. The van der Waals surface area contributed by atoms with Crippen LogP contribution in [0, 0.1) is 0 Å². The summed E-state index contributed by atoms with van der Waals surface area (Å²) in [5.41, 5.74) is 0. The molecule has 94 valence electrons. The molecule has 0 radical (unpaired) electrons. The summed E-state index contributed by atoms with van der Waals surface area (Å²) in [6.45, 7) is 9.67. The molecule has 16 heavy (non-hydrogen) atoms. The summed E-state index contributed by atoms with van der Waals surface area (Å²) in [5, 5.41) is 9.54. The monoisotopic (exact) mass is 229 g/mol. The van der Waals surface area contributed by atoms with Gasteiger partial charge in [0.15, 0.2) is 6.17 Å². The molecule has 0 spiro atoms. The highest BCUT2D eigenvalue weighted by Crippen LogP contribution is 2.25. The molecule has 1 saturated heterocycles. The predicted octanol–water partition coefficient (Wildman–Crippen LogP) is 2.35. The van der Waals surface area contributed by atoms with Crippen molar-refractivity contribution in [1.29, 1.82) is 0 Å². The van der Waals surface area contributed by atoms with Gasteiger partial charge in [0, 0.05) is 20.0 Å². The SMILES string of the molecule is CCN(CC)C(C)[N+]1(C(=O)O)CCCCC1. The van der Waals surface area contributed by atoms with E-state index in [0.29, 0.717) is 0 Å². The molecular formula is C12H25N2O2+. The zero-order valence-electron chi connectivity index (χ0n) is 10.8. The molecule has 0 aromatic rings. The Kier molecular flexibility index (Phi) is 4.74. The molecule has 1 fully saturated rings. The van der Waals surface area contributed by atoms with Crippen LogP contribution in [0.5, 0.6) is 0 Å². The maximum atomic E-state index is 11.6. The molecule has 1 rings (SSSR count). The molecule has 1 aliphatic heterocycles. The minimum Gasteiger partial charge on any atom is -0.435 e. The third-order valence-electron chi connectivity index (χ3n) is 4.05. The van der Waals surface area contributed by atoms with E-state index in [1.165, 1.54) is 6.42 Å². The number of rotatable bonds is 4. The van der Waals surface area contributed by atoms with Crippen LogP contribution in [-0.4, -0.2) is 52.9 Å². The van der Waals surface area contributed by atoms with Gasteiger partial charge in [0.1, 0.15) is 0 Å². The topological polar surface area (TPSA) is 40.5 Å². The number of carboxylic acid groups (broad SMARTS) is 1. The van der Waals surface area contributed by atoms with Crippen LogP contribution in [0.4, 0.5) is 4.79 Å². The van der Waals surface area contributed by atoms with E-state index < -0.39 is 6.09 Å². The van der Waals surface area contributed by atoms with Crippen molar-refractivity contribution < 1.29 is 14.4 Å². The first kappa shape index (κ1) is 13.5. The normalized spacial score (nSPS) is 22.0. The summed E-state index contributed by atoms with van der Waals surface area (Å²) < 4.78 is 0.238. The molecule has 1 atom stereocenters. The zero-order chi connectivity index (χ0) is 12.2. The molecule has 0 aromatic heterocycles. The summed E-state index contributed by atoms with van der Waals surface area (Å²) in [7, 11) is 0. The van der Waals surface area contributed by atoms with Crippen molar-refractivity contribution in [3.63, 3.8) is 0 Å². The van der Waals surface area contributed by atoms with Gasteiger partial charge in [-0.3, -0.25) is 4.90 Å². The summed E-state index contributed by atoms with van der Waals surface area (Å²) in [5.74, 6) is 0. The summed E-state index contributed by atoms with van der Waals surface area (Å²) in [4.78, 5) is 13.8. The maximum Gasteiger partial charge on any atom is 0.514 e. The molecule has 4 heteroatoms. The highest BCUT2D eigenvalue weighted by atomic mass is 16.4. The van der Waals surface area contributed by atoms with Gasteiger partial charge >= 0.3 is 6.09 Å². The van der Waals surface area contributed by atoms with Crippen molar-refractivity contribution in [2.24, 2.45) is 0 Å². The van der Waals surface area contributed by atoms with Crippen LogP contribution in [0.15, 0.2) is 0 Å². The third-order valence-corrected chi connectivity index (χ3v) is 4.05. The lowest BCUT2D eigenvalue weighted by molar-refractivity contribution is -0.897. The van der Waals surface area contributed by atoms with E-state index in [4.69, 9.17) is 0 Å². The highest BCUT2D eigenvalue weighted by Gasteiger charge is 2.45. The molecule has 0 bridgehead atoms. The smallest absolute Gasteiger partial charge is 0.435 e. The molecule has 0 aromatic carbocycles. The van der Waals surface area contributed by atoms with E-state index in [1.807, 2.05) is 0 Å². The second kappa shape index (κ2) is 5.64. The predicted molar refractivity (Wildman–Crippen MR) is 64.3 cm³/mol. The van der Waals surface area contributed by atoms with Gasteiger partial charge in [-0.05, 0) is 19.3 Å². The van der Waals surface area contributed by atoms with Crippen LogP contribution in [0.25, 0.3) is 0 Å². The molecule has 0 saturated carbocycles. The van der Waals surface area contributed by atoms with E-state index in [1.54, 1.807) is 0 Å². The lowest BCUT2D eigenvalue weighted by atomic mass is 10.1. The van der Waals surface area contributed by atoms with Gasteiger partial charge in [-0.2, -0.15) is 4.79 Å². The fourth-order valence-electron chi connectivity index (χ4n) is 2.87. The first-order valence-electron chi connectivity index (χ1n) is 6.42. The van der Waals surface area contributed by atoms with Crippen molar-refractivity contribution in [1.82, 2.24) is 4.90 Å². The van der Waals surface area contributed by atoms with Crippen LogP contribution in [-0.2, 0) is 0 Å². The average molecular weight is 229 g/mol. The first-order valence-corrected chi connectivity index (χ1v) is 6.42. The number of nitrogens with zero attached hydrogens (tertiary/aromatic N) is 2. The first-order chi connectivity index (χ1) is 7.58. The maximum absolute atomic E-state index is 11.6. The van der Waals surface area contributed by atoms with Gasteiger partial charge in [-0.1, -0.05) is 13.8 Å². The number of piperidine rings is 1. The van der Waals surface area contributed by atoms with Gasteiger partial charge in [0.25, 0.3) is 0 Å². The van der Waals surface area contributed by atoms with Gasteiger partial charge in [-0.15, -0.1) is 0 Å². The molecule has 1 heterocycles. The van der Waals surface area contributed by atoms with E-state index in [-0.39, 0.29) is 10.6 Å². The molecular weight excluding hydrogens is 204 g/mol. The Morgan fingerprint density at radius 2 is 1.75 bits per heavy atom. The highest BCUT2D eigenvalue weighted by molar-refractivity contribution is 5.57. The second-order valence-electron chi connectivity index (χ2n) is 4.68. The molecule has 0 aliphatic carbocycles. The average Bonchev–Trinajstić information content (AvgIpc) is 2.31. The van der Waals surface area contributed by atoms with Crippen molar-refractivity contribution in [3.05, 3.63) is 0 Å². The molecule has 1 unspecified atom stereocenters. The lowest BCUT2D eigenvalue weighted by Gasteiger charge is -2.44. The Bertz CT molecular complexity index is 233. The Balaban J connectivity index is 2.87. The van der Waals surface area contributed by atoms with Crippen molar-refractivity contribution in [2.75, 3.05) is 26.2 Å². The minimum atomic E-state index is -0.654. The number of amides is 1. The molecule has 1 N–H and O–H groups in total. The van der Waals surface area contributed by atoms with E-state index in [2.05, 4.69) is 25.7 Å². The van der Waals surface area contributed by atoms with Crippen molar-refractivity contribution in [2.45, 2.75) is 46.2 Å². The van der Waals surface area contributed by atoms with Crippen LogP contribution in [0.1, 0.15) is 40.0 Å². The Morgan fingerprint density at radius 3 is 2.12 bits per heavy atom. The number of quaternary nitrogens is 1. The largest absolute Gasteiger partial charge is 0.514 e. The van der Waals surface area contributed by atoms with E-state index in [0.717, 1.165) is 39.0 Å². The zero-order valence-corrected chi connectivity index (χ0v) is 10.8. The quantitative estimate of drug-likeness (QED) is 0.752. The standard InChI is InChI=1S/C12H24N2O2/c1-4-13(5-2)11(3)14(12(15)16)9-7-6-8-10-14/h11H,4-10H2,1-3H3/p+1. The third kappa shape index (κ3) is 2.38. The van der Waals surface area contributed by atoms with Gasteiger partial charge < -0.3 is 5.11 Å². The number of hydrogen-bond acceptors (Lipinski definition) is 2. The van der Waals surface area contributed by atoms with Gasteiger partial charge in [-0.25, -0.2) is 4.48 Å². The molecule has 4 nitrogen and oxygen atoms in total. The van der Waals surface area contributed by atoms with Crippen LogP contribution in [0.2, 0.25) is 0 Å². The van der Waals surface area contributed by atoms with E-state index in [9.17, 15) is 9.90 Å². The molecule has 1 aliphatic rings. The number of hydrogen-bond donors (Lipinski definition) is 1. The Morgan fingerprint density at radius 1 is 1.25 bits per heavy atom. The summed E-state index contributed by atoms with van der Waals surface area (Å²) in [6.07, 6.45) is 2.69. The van der Waals surface area contributed by atoms with E-state index >= 15 is 0 Å². The minimum absolute atomic E-state index is 0.0906. The second-order valence-corrected chi connectivity index (χ2v) is 4.68. The van der Waals surface area contributed by atoms with Crippen LogP contribution < -0.4 is 0 Å². The van der Waals surface area contributed by atoms with Gasteiger partial charge in [0.2, 0.25) is 0 Å². The molecule has 1 amide bonds. The van der Waals surface area contributed by atoms with Gasteiger partial charge in [0.05, 0.1) is 13.1 Å². The van der Waals surface area contributed by atoms with Crippen LogP contribution >= 0.6 is 0 Å². The number of likely N-dealkylation sites (tertiary alicyclic amines) is 1. The van der Waals surface area contributed by atoms with Crippen LogP contribution in [0.3, 0.4) is 0 Å². The van der Waals surface area contributed by atoms with Crippen molar-refractivity contribution in [3.8, 4) is 0 Å². The summed E-state index contributed by atoms with van der Waals surface area (Å²) >= 11 is 0. The fourth-order valence-corrected chi connectivity index (χ4v) is 2.87. The van der Waals surface area contributed by atoms with Crippen molar-refractivity contribution >= 4 is 6.09 Å². The Labute approximate surface area is 98.4 Å². The Hall–Kier alpha value is -0.610. The number of carbonyl (C=O) groups is 1. The summed E-state index contributed by atoms with van der Waals surface area (Å²) in [6, 6.07) is 0. The lowest BCUT2D eigenvalue weighted by Crippen LogP contribution is -2.65.